The summed E-state index contributed by atoms with van der Waals surface area (Å²) in [5.41, 5.74) is 1.38. The van der Waals surface area contributed by atoms with Gasteiger partial charge in [-0.25, -0.2) is 0 Å². The van der Waals surface area contributed by atoms with Gasteiger partial charge >= 0.3 is 0 Å². The molecule has 10 heavy (non-hydrogen) atoms. The van der Waals surface area contributed by atoms with E-state index in [0.29, 0.717) is 0 Å². The van der Waals surface area contributed by atoms with Gasteiger partial charge in [0.25, 0.3) is 0 Å². The molecule has 0 unspecified atom stereocenters. The SMILES string of the molecule is Brc1c[c]c(C2CC2)cc1. The summed E-state index contributed by atoms with van der Waals surface area (Å²) in [5, 5.41) is 0. The van der Waals surface area contributed by atoms with Gasteiger partial charge < -0.3 is 0 Å². The molecule has 51 valence electrons. The van der Waals surface area contributed by atoms with Crippen molar-refractivity contribution in [3.63, 3.8) is 0 Å². The summed E-state index contributed by atoms with van der Waals surface area (Å²) in [6.07, 6.45) is 2.72. The molecule has 0 aromatic heterocycles. The summed E-state index contributed by atoms with van der Waals surface area (Å²) >= 11 is 3.38. The van der Waals surface area contributed by atoms with E-state index in [9.17, 15) is 0 Å². The van der Waals surface area contributed by atoms with Gasteiger partial charge in [-0.3, -0.25) is 0 Å². The molecule has 0 N–H and O–H groups in total. The zero-order valence-electron chi connectivity index (χ0n) is 5.60. The largest absolute Gasteiger partial charge is 0.0570 e. The van der Waals surface area contributed by atoms with E-state index >= 15 is 0 Å². The third-order valence-corrected chi connectivity index (χ3v) is 2.31. The molecule has 1 aromatic rings. The lowest BCUT2D eigenvalue weighted by Gasteiger charge is -1.94. The topological polar surface area (TPSA) is 0 Å². The molecule has 1 aromatic carbocycles. The molecule has 0 spiro atoms. The minimum absolute atomic E-state index is 0.827. The van der Waals surface area contributed by atoms with Crippen LogP contribution in [0.5, 0.6) is 0 Å². The van der Waals surface area contributed by atoms with Gasteiger partial charge in [-0.1, -0.05) is 22.0 Å². The molecular weight excluding hydrogens is 188 g/mol. The van der Waals surface area contributed by atoms with E-state index in [-0.39, 0.29) is 0 Å². The van der Waals surface area contributed by atoms with Gasteiger partial charge in [0.05, 0.1) is 0 Å². The zero-order chi connectivity index (χ0) is 6.97. The first-order valence-corrected chi connectivity index (χ1v) is 4.33. The fourth-order valence-corrected chi connectivity index (χ4v) is 1.31. The summed E-state index contributed by atoms with van der Waals surface area (Å²) in [4.78, 5) is 0. The fraction of sp³-hybridized carbons (Fsp3) is 0.333. The van der Waals surface area contributed by atoms with Crippen LogP contribution in [-0.2, 0) is 0 Å². The maximum atomic E-state index is 3.38. The molecule has 0 saturated heterocycles. The first kappa shape index (κ1) is 6.41. The Morgan fingerprint density at radius 1 is 1.40 bits per heavy atom. The zero-order valence-corrected chi connectivity index (χ0v) is 7.19. The Bertz CT molecular complexity index is 221. The molecule has 1 aliphatic carbocycles. The number of halogens is 1. The molecule has 0 amide bonds. The Morgan fingerprint density at radius 2 is 2.20 bits per heavy atom. The minimum Gasteiger partial charge on any atom is -0.0570 e. The molecule has 0 nitrogen and oxygen atoms in total. The van der Waals surface area contributed by atoms with Crippen molar-refractivity contribution in [2.45, 2.75) is 18.8 Å². The van der Waals surface area contributed by atoms with Gasteiger partial charge in [-0.15, -0.1) is 0 Å². The Hall–Kier alpha value is -0.300. The highest BCUT2D eigenvalue weighted by molar-refractivity contribution is 9.10. The average molecular weight is 196 g/mol. The number of benzene rings is 1. The van der Waals surface area contributed by atoms with Crippen LogP contribution in [0.3, 0.4) is 0 Å². The predicted molar refractivity (Wildman–Crippen MR) is 45.0 cm³/mol. The van der Waals surface area contributed by atoms with Crippen LogP contribution in [0.15, 0.2) is 22.7 Å². The predicted octanol–water partition coefficient (Wildman–Crippen LogP) is 3.13. The first-order chi connectivity index (χ1) is 4.86. The lowest BCUT2D eigenvalue weighted by atomic mass is 10.1. The van der Waals surface area contributed by atoms with Crippen LogP contribution >= 0.6 is 15.9 Å². The summed E-state index contributed by atoms with van der Waals surface area (Å²) < 4.78 is 1.12. The number of hydrogen-bond donors (Lipinski definition) is 0. The summed E-state index contributed by atoms with van der Waals surface area (Å²) in [7, 11) is 0. The van der Waals surface area contributed by atoms with Crippen LogP contribution < -0.4 is 0 Å². The van der Waals surface area contributed by atoms with Crippen molar-refractivity contribution in [3.8, 4) is 0 Å². The highest BCUT2D eigenvalue weighted by Crippen LogP contribution is 2.39. The van der Waals surface area contributed by atoms with Crippen molar-refractivity contribution in [3.05, 3.63) is 34.3 Å². The van der Waals surface area contributed by atoms with Gasteiger partial charge in [-0.05, 0) is 42.5 Å². The van der Waals surface area contributed by atoms with Gasteiger partial charge in [0.1, 0.15) is 0 Å². The Labute approximate surface area is 69.4 Å². The lowest BCUT2D eigenvalue weighted by molar-refractivity contribution is 1.12. The summed E-state index contributed by atoms with van der Waals surface area (Å²) in [5.74, 6) is 0.827. The van der Waals surface area contributed by atoms with Crippen LogP contribution in [0.25, 0.3) is 0 Å². The molecule has 1 fully saturated rings. The number of hydrogen-bond acceptors (Lipinski definition) is 0. The van der Waals surface area contributed by atoms with Crippen molar-refractivity contribution in [2.24, 2.45) is 0 Å². The third-order valence-electron chi connectivity index (χ3n) is 1.82. The van der Waals surface area contributed by atoms with Crippen LogP contribution in [0.4, 0.5) is 0 Å². The monoisotopic (exact) mass is 195 g/mol. The maximum absolute atomic E-state index is 3.38. The molecule has 0 aliphatic heterocycles. The Kier molecular flexibility index (Phi) is 1.53. The standard InChI is InChI=1S/C9H8Br/c10-9-5-3-8(4-6-9)7-1-2-7/h3,5-7H,1-2H2. The van der Waals surface area contributed by atoms with Crippen LogP contribution in [0, 0.1) is 6.07 Å². The fourth-order valence-electron chi connectivity index (χ4n) is 1.07. The second kappa shape index (κ2) is 2.39. The van der Waals surface area contributed by atoms with Crippen LogP contribution in [0.1, 0.15) is 24.3 Å². The molecule has 1 saturated carbocycles. The minimum atomic E-state index is 0.827. The molecular formula is C9H8Br. The highest BCUT2D eigenvalue weighted by Gasteiger charge is 2.22. The lowest BCUT2D eigenvalue weighted by Crippen LogP contribution is -1.76. The Balaban J connectivity index is 2.28. The molecule has 2 rings (SSSR count). The van der Waals surface area contributed by atoms with E-state index in [1.165, 1.54) is 18.4 Å². The normalized spacial score (nSPS) is 17.3. The van der Waals surface area contributed by atoms with Crippen molar-refractivity contribution in [1.82, 2.24) is 0 Å². The van der Waals surface area contributed by atoms with Crippen LogP contribution in [0.2, 0.25) is 0 Å². The van der Waals surface area contributed by atoms with E-state index in [2.05, 4.69) is 34.1 Å². The van der Waals surface area contributed by atoms with Gasteiger partial charge in [-0.2, -0.15) is 0 Å². The van der Waals surface area contributed by atoms with Crippen molar-refractivity contribution < 1.29 is 0 Å². The van der Waals surface area contributed by atoms with Crippen LogP contribution in [-0.4, -0.2) is 0 Å². The Morgan fingerprint density at radius 3 is 2.70 bits per heavy atom. The third kappa shape index (κ3) is 1.24. The first-order valence-electron chi connectivity index (χ1n) is 3.53. The van der Waals surface area contributed by atoms with E-state index in [4.69, 9.17) is 0 Å². The smallest absolute Gasteiger partial charge is 0.0181 e. The number of rotatable bonds is 1. The van der Waals surface area contributed by atoms with Gasteiger partial charge in [0.2, 0.25) is 0 Å². The van der Waals surface area contributed by atoms with Gasteiger partial charge in [0, 0.05) is 4.47 Å². The summed E-state index contributed by atoms with van der Waals surface area (Å²) in [6.45, 7) is 0. The molecule has 0 bridgehead atoms. The molecule has 0 heterocycles. The van der Waals surface area contributed by atoms with E-state index in [1.807, 2.05) is 6.07 Å². The second-order valence-electron chi connectivity index (χ2n) is 2.74. The molecule has 1 radical (unpaired) electrons. The van der Waals surface area contributed by atoms with Crippen molar-refractivity contribution in [1.29, 1.82) is 0 Å². The second-order valence-corrected chi connectivity index (χ2v) is 3.65. The average Bonchev–Trinajstić information content (AvgIpc) is 2.71. The maximum Gasteiger partial charge on any atom is 0.0181 e. The van der Waals surface area contributed by atoms with E-state index in [1.54, 1.807) is 0 Å². The highest BCUT2D eigenvalue weighted by atomic mass is 79.9. The molecule has 1 aliphatic rings. The van der Waals surface area contributed by atoms with E-state index < -0.39 is 0 Å². The molecule has 1 heteroatoms. The van der Waals surface area contributed by atoms with Crippen molar-refractivity contribution >= 4 is 15.9 Å². The molecule has 0 atom stereocenters. The summed E-state index contributed by atoms with van der Waals surface area (Å²) in [6, 6.07) is 9.49. The van der Waals surface area contributed by atoms with Crippen molar-refractivity contribution in [2.75, 3.05) is 0 Å². The van der Waals surface area contributed by atoms with Gasteiger partial charge in [0.15, 0.2) is 0 Å². The quantitative estimate of drug-likeness (QED) is 0.647. The van der Waals surface area contributed by atoms with E-state index in [0.717, 1.165) is 10.4 Å².